The molecule has 0 aromatic rings. The molecule has 0 saturated carbocycles. The largest absolute Gasteiger partial charge is 0.545 e. The maximum atomic E-state index is 12.8. The number of hydrogen-bond donors (Lipinski definition) is 0. The normalized spacial score (nSPS) is 13.9. The molecular formula is C62H99NO8. The Kier molecular flexibility index (Phi) is 48.4. The number of ether oxygens (including phenoxy) is 4. The van der Waals surface area contributed by atoms with Crippen LogP contribution in [-0.4, -0.2) is 82.3 Å². The van der Waals surface area contributed by atoms with E-state index < -0.39 is 30.3 Å². The second-order valence-corrected chi connectivity index (χ2v) is 18.8. The van der Waals surface area contributed by atoms with E-state index >= 15 is 0 Å². The molecule has 0 aromatic carbocycles. The predicted octanol–water partition coefficient (Wildman–Crippen LogP) is 14.6. The van der Waals surface area contributed by atoms with Crippen LogP contribution in [0.25, 0.3) is 0 Å². The van der Waals surface area contributed by atoms with Gasteiger partial charge in [0.05, 0.1) is 40.3 Å². The Morgan fingerprint density at radius 1 is 0.423 bits per heavy atom. The lowest BCUT2D eigenvalue weighted by molar-refractivity contribution is -0.870. The SMILES string of the molecule is CC/C=C\C/C=C\C/C=C\C/C=C\C/C=C\C/C=C\CCCCCCCCCCC(=O)OC(COC(=O)CCCCC/C=C\C/C=C\C/C=C\C/C=C\C/C=C\CC)COC(OCC[N+](C)(C)C)C(=O)[O-]. The Bertz CT molecular complexity index is 1620. The van der Waals surface area contributed by atoms with Crippen molar-refractivity contribution < 1.29 is 42.9 Å². The van der Waals surface area contributed by atoms with Gasteiger partial charge in [-0.1, -0.05) is 192 Å². The summed E-state index contributed by atoms with van der Waals surface area (Å²) in [5.41, 5.74) is 0. The summed E-state index contributed by atoms with van der Waals surface area (Å²) in [6.45, 7) is 4.44. The van der Waals surface area contributed by atoms with Crippen LogP contribution in [0.5, 0.6) is 0 Å². The molecule has 71 heavy (non-hydrogen) atoms. The second kappa shape index (κ2) is 51.8. The van der Waals surface area contributed by atoms with Gasteiger partial charge in [0.15, 0.2) is 12.4 Å². The standard InChI is InChI=1S/C62H99NO8/c1-6-8-10-12-14-16-18-20-22-24-26-27-28-29-30-31-32-33-35-37-39-41-43-45-47-49-51-53-60(65)71-58(57-70-62(61(66)67)68-55-54-63(3,4)5)56-69-59(64)52-50-48-46-44-42-40-38-36-34-25-23-21-19-17-15-13-11-9-7-2/h8-11,14-17,20-23,26-27,29-30,32-34,36,40,42,58,62H,6-7,12-13,18-19,24-25,28,31,35,37-39,41,43-57H2,1-5H3/b10-8-,11-9-,16-14-,17-15-,22-20-,23-21-,27-26-,30-29-,33-32-,36-34-,42-40-. The first-order chi connectivity index (χ1) is 34.6. The Balaban J connectivity index is 4.39. The number of carboxylic acids is 1. The molecule has 0 bridgehead atoms. The molecule has 0 heterocycles. The predicted molar refractivity (Wildman–Crippen MR) is 296 cm³/mol. The minimum atomic E-state index is -1.64. The summed E-state index contributed by atoms with van der Waals surface area (Å²) in [5, 5.41) is 11.8. The highest BCUT2D eigenvalue weighted by Crippen LogP contribution is 2.13. The third-order valence-corrected chi connectivity index (χ3v) is 10.9. The van der Waals surface area contributed by atoms with Crippen LogP contribution in [0.3, 0.4) is 0 Å². The van der Waals surface area contributed by atoms with E-state index in [0.717, 1.165) is 116 Å². The van der Waals surface area contributed by atoms with Crippen LogP contribution in [0, 0.1) is 0 Å². The van der Waals surface area contributed by atoms with Gasteiger partial charge in [0.25, 0.3) is 0 Å². The number of esters is 2. The van der Waals surface area contributed by atoms with E-state index in [1.165, 1.54) is 25.7 Å². The number of hydrogen-bond acceptors (Lipinski definition) is 8. The van der Waals surface area contributed by atoms with Gasteiger partial charge in [-0.3, -0.25) is 9.59 Å². The number of quaternary nitrogens is 1. The van der Waals surface area contributed by atoms with Crippen molar-refractivity contribution in [2.75, 3.05) is 47.5 Å². The van der Waals surface area contributed by atoms with Crippen molar-refractivity contribution in [3.8, 4) is 0 Å². The number of allylic oxidation sites excluding steroid dienone is 22. The molecule has 0 rings (SSSR count). The molecule has 2 unspecified atom stereocenters. The lowest BCUT2D eigenvalue weighted by Crippen LogP contribution is -2.44. The molecule has 9 nitrogen and oxygen atoms in total. The van der Waals surface area contributed by atoms with Crippen molar-refractivity contribution in [3.63, 3.8) is 0 Å². The Labute approximate surface area is 433 Å². The summed E-state index contributed by atoms with van der Waals surface area (Å²) < 4.78 is 22.6. The maximum absolute atomic E-state index is 12.8. The molecule has 0 fully saturated rings. The van der Waals surface area contributed by atoms with Crippen molar-refractivity contribution in [2.45, 2.75) is 193 Å². The fourth-order valence-electron chi connectivity index (χ4n) is 6.74. The molecule has 0 aromatic heterocycles. The monoisotopic (exact) mass is 986 g/mol. The lowest BCUT2D eigenvalue weighted by atomic mass is 10.1. The van der Waals surface area contributed by atoms with E-state index in [-0.39, 0.29) is 32.7 Å². The number of nitrogens with zero attached hydrogens (tertiary/aromatic N) is 1. The molecule has 9 heteroatoms. The van der Waals surface area contributed by atoms with Gasteiger partial charge in [-0.05, 0) is 109 Å². The molecule has 0 spiro atoms. The minimum absolute atomic E-state index is 0.132. The highest BCUT2D eigenvalue weighted by atomic mass is 16.7. The van der Waals surface area contributed by atoms with Crippen molar-refractivity contribution in [2.24, 2.45) is 0 Å². The van der Waals surface area contributed by atoms with Crippen LogP contribution in [0.1, 0.15) is 181 Å². The Morgan fingerprint density at radius 3 is 1.14 bits per heavy atom. The number of carbonyl (C=O) groups is 3. The third-order valence-electron chi connectivity index (χ3n) is 10.9. The average molecular weight is 986 g/mol. The van der Waals surface area contributed by atoms with Crippen molar-refractivity contribution in [1.29, 1.82) is 0 Å². The van der Waals surface area contributed by atoms with E-state index in [2.05, 4.69) is 148 Å². The van der Waals surface area contributed by atoms with E-state index in [0.29, 0.717) is 23.9 Å². The molecule has 0 radical (unpaired) electrons. The van der Waals surface area contributed by atoms with Crippen LogP contribution >= 0.6 is 0 Å². The number of aliphatic carboxylic acids is 1. The number of likely N-dealkylation sites (N-methyl/N-ethyl adjacent to an activating group) is 1. The van der Waals surface area contributed by atoms with Crippen LogP contribution in [-0.2, 0) is 33.3 Å². The molecule has 0 aliphatic heterocycles. The zero-order valence-electron chi connectivity index (χ0n) is 45.3. The van der Waals surface area contributed by atoms with Gasteiger partial charge in [-0.15, -0.1) is 0 Å². The van der Waals surface area contributed by atoms with E-state index in [1.54, 1.807) is 0 Å². The van der Waals surface area contributed by atoms with Gasteiger partial charge in [0, 0.05) is 12.8 Å². The molecule has 0 N–H and O–H groups in total. The molecule has 400 valence electrons. The van der Waals surface area contributed by atoms with Crippen molar-refractivity contribution >= 4 is 17.9 Å². The lowest BCUT2D eigenvalue weighted by Gasteiger charge is -2.26. The zero-order chi connectivity index (χ0) is 52.0. The van der Waals surface area contributed by atoms with Gasteiger partial charge < -0.3 is 33.3 Å². The van der Waals surface area contributed by atoms with Gasteiger partial charge in [0.2, 0.25) is 0 Å². The van der Waals surface area contributed by atoms with Gasteiger partial charge in [-0.25, -0.2) is 0 Å². The van der Waals surface area contributed by atoms with E-state index in [1.807, 2.05) is 21.1 Å². The Hall–Kier alpha value is -4.57. The van der Waals surface area contributed by atoms with Crippen LogP contribution in [0.4, 0.5) is 0 Å². The van der Waals surface area contributed by atoms with E-state index in [9.17, 15) is 19.5 Å². The highest BCUT2D eigenvalue weighted by molar-refractivity contribution is 5.70. The molecule has 0 aliphatic carbocycles. The smallest absolute Gasteiger partial charge is 0.306 e. The maximum Gasteiger partial charge on any atom is 0.306 e. The number of carbonyl (C=O) groups excluding carboxylic acids is 3. The fraction of sp³-hybridized carbons (Fsp3) is 0.597. The molecule has 2 atom stereocenters. The average Bonchev–Trinajstić information content (AvgIpc) is 3.34. The third kappa shape index (κ3) is 53.1. The van der Waals surface area contributed by atoms with Crippen LogP contribution in [0.2, 0.25) is 0 Å². The molecule has 0 aliphatic rings. The zero-order valence-corrected chi connectivity index (χ0v) is 45.3. The van der Waals surface area contributed by atoms with Crippen LogP contribution < -0.4 is 5.11 Å². The van der Waals surface area contributed by atoms with Crippen LogP contribution in [0.15, 0.2) is 134 Å². The topological polar surface area (TPSA) is 111 Å². The van der Waals surface area contributed by atoms with Gasteiger partial charge in [0.1, 0.15) is 13.2 Å². The summed E-state index contributed by atoms with van der Waals surface area (Å²) in [7, 11) is 5.89. The summed E-state index contributed by atoms with van der Waals surface area (Å²) in [5.74, 6) is -2.36. The summed E-state index contributed by atoms with van der Waals surface area (Å²) in [6.07, 6.45) is 70.6. The highest BCUT2D eigenvalue weighted by Gasteiger charge is 2.21. The number of unbranched alkanes of at least 4 members (excludes halogenated alkanes) is 11. The van der Waals surface area contributed by atoms with Gasteiger partial charge >= 0.3 is 11.9 Å². The summed E-state index contributed by atoms with van der Waals surface area (Å²) >= 11 is 0. The van der Waals surface area contributed by atoms with Crippen molar-refractivity contribution in [3.05, 3.63) is 134 Å². The second-order valence-electron chi connectivity index (χ2n) is 18.8. The fourth-order valence-corrected chi connectivity index (χ4v) is 6.74. The summed E-state index contributed by atoms with van der Waals surface area (Å²) in [4.78, 5) is 37.2. The number of carboxylic acid groups (broad SMARTS) is 1. The minimum Gasteiger partial charge on any atom is -0.545 e. The Morgan fingerprint density at radius 2 is 0.761 bits per heavy atom. The molecule has 0 saturated heterocycles. The first-order valence-electron chi connectivity index (χ1n) is 27.3. The van der Waals surface area contributed by atoms with Crippen molar-refractivity contribution in [1.82, 2.24) is 0 Å². The van der Waals surface area contributed by atoms with E-state index in [4.69, 9.17) is 18.9 Å². The molecular weight excluding hydrogens is 887 g/mol. The summed E-state index contributed by atoms with van der Waals surface area (Å²) in [6, 6.07) is 0. The molecule has 0 amide bonds. The number of rotatable bonds is 48. The van der Waals surface area contributed by atoms with Gasteiger partial charge in [-0.2, -0.15) is 0 Å². The first-order valence-corrected chi connectivity index (χ1v) is 27.3. The first kappa shape index (κ1) is 66.4. The quantitative estimate of drug-likeness (QED) is 0.0195.